The summed E-state index contributed by atoms with van der Waals surface area (Å²) >= 11 is 0.968. The Labute approximate surface area is 183 Å². The predicted octanol–water partition coefficient (Wildman–Crippen LogP) is 4.09. The van der Waals surface area contributed by atoms with E-state index in [-0.39, 0.29) is 30.5 Å². The molecule has 0 saturated heterocycles. The fourth-order valence-electron chi connectivity index (χ4n) is 2.22. The zero-order valence-electron chi connectivity index (χ0n) is 15.5. The molecule has 2 rings (SSSR count). The quantitative estimate of drug-likeness (QED) is 0.223. The van der Waals surface area contributed by atoms with Crippen LogP contribution in [-0.4, -0.2) is 37.7 Å². The molecule has 0 spiro atoms. The molecule has 0 aliphatic heterocycles. The molecule has 1 aromatic heterocycles. The van der Waals surface area contributed by atoms with Crippen molar-refractivity contribution in [3.05, 3.63) is 52.0 Å². The molecule has 1 heterocycles. The SMILES string of the molecule is CN=C(NCCCOCCc1ccccc1)NCc1nc(C(F)(F)F)cs1.I. The molecular weight excluding hydrogens is 504 g/mol. The maximum Gasteiger partial charge on any atom is 0.434 e. The summed E-state index contributed by atoms with van der Waals surface area (Å²) in [7, 11) is 1.61. The van der Waals surface area contributed by atoms with Crippen LogP contribution in [0.5, 0.6) is 0 Å². The van der Waals surface area contributed by atoms with Gasteiger partial charge in [0.15, 0.2) is 11.7 Å². The number of halogens is 4. The van der Waals surface area contributed by atoms with Gasteiger partial charge in [0.1, 0.15) is 5.01 Å². The van der Waals surface area contributed by atoms with Crippen LogP contribution in [0.15, 0.2) is 40.7 Å². The third kappa shape index (κ3) is 9.20. The third-order valence-corrected chi connectivity index (χ3v) is 4.46. The summed E-state index contributed by atoms with van der Waals surface area (Å²) < 4.78 is 43.2. The van der Waals surface area contributed by atoms with Gasteiger partial charge in [0.2, 0.25) is 0 Å². The fourth-order valence-corrected chi connectivity index (χ4v) is 2.96. The standard InChI is InChI=1S/C18H23F3N4OS.HI/c1-22-17(24-12-16-25-15(13-27-16)18(19,20)21)23-9-5-10-26-11-8-14-6-3-2-4-7-14;/h2-4,6-7,13H,5,8-12H2,1H3,(H2,22,23,24);1H. The van der Waals surface area contributed by atoms with Crippen molar-refractivity contribution >= 4 is 41.3 Å². The molecule has 2 aromatic rings. The normalized spacial score (nSPS) is 11.8. The highest BCUT2D eigenvalue weighted by Crippen LogP contribution is 2.29. The lowest BCUT2D eigenvalue weighted by molar-refractivity contribution is -0.140. The maximum absolute atomic E-state index is 12.5. The van der Waals surface area contributed by atoms with Crippen molar-refractivity contribution in [3.63, 3.8) is 0 Å². The Morgan fingerprint density at radius 3 is 2.57 bits per heavy atom. The summed E-state index contributed by atoms with van der Waals surface area (Å²) in [6, 6.07) is 10.1. The number of nitrogens with one attached hydrogen (secondary N) is 2. The van der Waals surface area contributed by atoms with Crippen molar-refractivity contribution in [2.24, 2.45) is 4.99 Å². The van der Waals surface area contributed by atoms with Gasteiger partial charge in [0, 0.05) is 25.6 Å². The summed E-state index contributed by atoms with van der Waals surface area (Å²) in [5.74, 6) is 0.517. The lowest BCUT2D eigenvalue weighted by Gasteiger charge is -2.11. The molecule has 0 unspecified atom stereocenters. The smallest absolute Gasteiger partial charge is 0.381 e. The summed E-state index contributed by atoms with van der Waals surface area (Å²) in [5.41, 5.74) is 0.385. The van der Waals surface area contributed by atoms with Crippen molar-refractivity contribution in [2.75, 3.05) is 26.8 Å². The van der Waals surface area contributed by atoms with Gasteiger partial charge in [0.05, 0.1) is 13.2 Å². The van der Waals surface area contributed by atoms with Crippen LogP contribution in [0, 0.1) is 0 Å². The van der Waals surface area contributed by atoms with Crippen LogP contribution in [0.3, 0.4) is 0 Å². The van der Waals surface area contributed by atoms with E-state index in [0.717, 1.165) is 29.6 Å². The van der Waals surface area contributed by atoms with Crippen LogP contribution < -0.4 is 10.6 Å². The zero-order valence-corrected chi connectivity index (χ0v) is 18.6. The zero-order chi connectivity index (χ0) is 19.5. The number of benzene rings is 1. The maximum atomic E-state index is 12.5. The van der Waals surface area contributed by atoms with E-state index < -0.39 is 11.9 Å². The van der Waals surface area contributed by atoms with Gasteiger partial charge in [0.25, 0.3) is 0 Å². The number of alkyl halides is 3. The second kappa shape index (κ2) is 12.9. The lowest BCUT2D eigenvalue weighted by atomic mass is 10.2. The van der Waals surface area contributed by atoms with E-state index in [4.69, 9.17) is 4.74 Å². The van der Waals surface area contributed by atoms with Crippen molar-refractivity contribution in [1.29, 1.82) is 0 Å². The van der Waals surface area contributed by atoms with E-state index in [1.165, 1.54) is 5.56 Å². The second-order valence-corrected chi connectivity index (χ2v) is 6.62. The van der Waals surface area contributed by atoms with E-state index in [1.54, 1.807) is 7.05 Å². The van der Waals surface area contributed by atoms with Gasteiger partial charge < -0.3 is 15.4 Å². The van der Waals surface area contributed by atoms with Gasteiger partial charge in [-0.25, -0.2) is 4.98 Å². The van der Waals surface area contributed by atoms with E-state index in [1.807, 2.05) is 18.2 Å². The minimum atomic E-state index is -4.41. The number of rotatable bonds is 9. The molecule has 2 N–H and O–H groups in total. The van der Waals surface area contributed by atoms with Crippen LogP contribution in [0.2, 0.25) is 0 Å². The molecule has 10 heteroatoms. The first-order chi connectivity index (χ1) is 13.0. The number of aliphatic imine (C=N–C) groups is 1. The largest absolute Gasteiger partial charge is 0.434 e. The van der Waals surface area contributed by atoms with Gasteiger partial charge in [-0.1, -0.05) is 30.3 Å². The molecule has 0 radical (unpaired) electrons. The summed E-state index contributed by atoms with van der Waals surface area (Å²) in [5, 5.41) is 7.42. The van der Waals surface area contributed by atoms with Gasteiger partial charge >= 0.3 is 6.18 Å². The fraction of sp³-hybridized carbons (Fsp3) is 0.444. The van der Waals surface area contributed by atoms with Gasteiger partial charge in [-0.3, -0.25) is 4.99 Å². The minimum absolute atomic E-state index is 0. The average Bonchev–Trinajstić information content (AvgIpc) is 3.14. The first-order valence-corrected chi connectivity index (χ1v) is 9.45. The monoisotopic (exact) mass is 528 g/mol. The number of aromatic nitrogens is 1. The number of nitrogens with zero attached hydrogens (tertiary/aromatic N) is 2. The molecule has 156 valence electrons. The molecule has 5 nitrogen and oxygen atoms in total. The number of guanidine groups is 1. The Hall–Kier alpha value is -1.40. The van der Waals surface area contributed by atoms with Crippen molar-refractivity contribution in [3.8, 4) is 0 Å². The molecule has 0 fully saturated rings. The molecule has 0 aliphatic carbocycles. The summed E-state index contributed by atoms with van der Waals surface area (Å²) in [6.45, 7) is 2.13. The summed E-state index contributed by atoms with van der Waals surface area (Å²) in [6.07, 6.45) is -2.73. The lowest BCUT2D eigenvalue weighted by Crippen LogP contribution is -2.37. The molecule has 0 bridgehead atoms. The second-order valence-electron chi connectivity index (χ2n) is 5.68. The topological polar surface area (TPSA) is 58.5 Å². The van der Waals surface area contributed by atoms with E-state index >= 15 is 0 Å². The Morgan fingerprint density at radius 2 is 1.93 bits per heavy atom. The van der Waals surface area contributed by atoms with Crippen LogP contribution in [0.25, 0.3) is 0 Å². The van der Waals surface area contributed by atoms with E-state index in [0.29, 0.717) is 30.7 Å². The number of thiazole rings is 1. The van der Waals surface area contributed by atoms with Crippen LogP contribution >= 0.6 is 35.3 Å². The average molecular weight is 528 g/mol. The molecule has 0 saturated carbocycles. The molecule has 0 atom stereocenters. The third-order valence-electron chi connectivity index (χ3n) is 3.61. The highest BCUT2D eigenvalue weighted by Gasteiger charge is 2.33. The molecule has 28 heavy (non-hydrogen) atoms. The molecule has 1 aromatic carbocycles. The summed E-state index contributed by atoms with van der Waals surface area (Å²) in [4.78, 5) is 7.61. The number of hydrogen-bond donors (Lipinski definition) is 2. The van der Waals surface area contributed by atoms with E-state index in [9.17, 15) is 13.2 Å². The minimum Gasteiger partial charge on any atom is -0.381 e. The van der Waals surface area contributed by atoms with Crippen molar-refractivity contribution < 1.29 is 17.9 Å². The first-order valence-electron chi connectivity index (χ1n) is 8.57. The van der Waals surface area contributed by atoms with Crippen molar-refractivity contribution in [1.82, 2.24) is 15.6 Å². The van der Waals surface area contributed by atoms with Crippen LogP contribution in [0.1, 0.15) is 22.7 Å². The number of ether oxygens (including phenoxy) is 1. The van der Waals surface area contributed by atoms with Gasteiger partial charge in [-0.05, 0) is 18.4 Å². The Kier molecular flexibility index (Phi) is 11.4. The van der Waals surface area contributed by atoms with Gasteiger partial charge in [-0.15, -0.1) is 35.3 Å². The molecule has 0 aliphatic rings. The number of hydrogen-bond acceptors (Lipinski definition) is 4. The predicted molar refractivity (Wildman–Crippen MR) is 116 cm³/mol. The Morgan fingerprint density at radius 1 is 1.18 bits per heavy atom. The molecule has 0 amide bonds. The van der Waals surface area contributed by atoms with Crippen LogP contribution in [0.4, 0.5) is 13.2 Å². The Bertz CT molecular complexity index is 710. The molecular formula is C18H24F3IN4OS. The highest BCUT2D eigenvalue weighted by atomic mass is 127. The Balaban J connectivity index is 0.00000392. The first kappa shape index (κ1) is 24.6. The van der Waals surface area contributed by atoms with E-state index in [2.05, 4.69) is 32.7 Å². The highest BCUT2D eigenvalue weighted by molar-refractivity contribution is 14.0. The van der Waals surface area contributed by atoms with Crippen molar-refractivity contribution in [2.45, 2.75) is 25.6 Å². The van der Waals surface area contributed by atoms with Gasteiger partial charge in [-0.2, -0.15) is 13.2 Å². The van der Waals surface area contributed by atoms with Crippen LogP contribution in [-0.2, 0) is 23.9 Å².